The van der Waals surface area contributed by atoms with Gasteiger partial charge in [0.15, 0.2) is 11.6 Å². The number of aromatic nitrogens is 2. The molecule has 1 aromatic rings. The van der Waals surface area contributed by atoms with Crippen LogP contribution in [0, 0.1) is 5.92 Å². The molecule has 0 aromatic carbocycles. The van der Waals surface area contributed by atoms with Crippen molar-refractivity contribution in [3.8, 4) is 6.01 Å². The van der Waals surface area contributed by atoms with E-state index in [-0.39, 0.29) is 0 Å². The van der Waals surface area contributed by atoms with Gasteiger partial charge in [-0.05, 0) is 57.7 Å². The maximum Gasteiger partial charge on any atom is 0.320 e. The second-order valence-electron chi connectivity index (χ2n) is 8.88. The van der Waals surface area contributed by atoms with Crippen molar-refractivity contribution in [3.05, 3.63) is 0 Å². The third-order valence-electron chi connectivity index (χ3n) is 6.45. The van der Waals surface area contributed by atoms with E-state index in [9.17, 15) is 0 Å². The van der Waals surface area contributed by atoms with Gasteiger partial charge in [0.25, 0.3) is 0 Å². The average molecular weight is 419 g/mol. The van der Waals surface area contributed by atoms with Gasteiger partial charge >= 0.3 is 6.01 Å². The number of piperidine rings is 1. The molecule has 2 aliphatic rings. The van der Waals surface area contributed by atoms with Crippen molar-refractivity contribution in [2.24, 2.45) is 5.92 Å². The molecular weight excluding hydrogens is 376 g/mol. The fraction of sp³-hybridized carbons (Fsp3) is 0.826. The van der Waals surface area contributed by atoms with E-state index in [0.717, 1.165) is 43.5 Å². The Morgan fingerprint density at radius 2 is 1.80 bits per heavy atom. The van der Waals surface area contributed by atoms with Crippen molar-refractivity contribution in [1.29, 1.82) is 0 Å². The van der Waals surface area contributed by atoms with E-state index < -0.39 is 0 Å². The van der Waals surface area contributed by atoms with Gasteiger partial charge < -0.3 is 25.6 Å². The van der Waals surface area contributed by atoms with Crippen LogP contribution >= 0.6 is 0 Å². The molecule has 2 aliphatic heterocycles. The molecule has 1 saturated heterocycles. The number of nitrogens with zero attached hydrogens (tertiary/aromatic N) is 4. The van der Waals surface area contributed by atoms with E-state index in [1.54, 1.807) is 0 Å². The molecule has 1 fully saturated rings. The second-order valence-corrected chi connectivity index (χ2v) is 8.88. The summed E-state index contributed by atoms with van der Waals surface area (Å²) in [4.78, 5) is 13.8. The van der Waals surface area contributed by atoms with Crippen molar-refractivity contribution in [2.75, 3.05) is 55.4 Å². The van der Waals surface area contributed by atoms with Gasteiger partial charge in [-0.1, -0.05) is 46.0 Å². The quantitative estimate of drug-likeness (QED) is 0.457. The Balaban J connectivity index is 1.35. The summed E-state index contributed by atoms with van der Waals surface area (Å²) in [7, 11) is 0. The van der Waals surface area contributed by atoms with Crippen LogP contribution in [-0.4, -0.2) is 54.3 Å². The Bertz CT molecular complexity index is 632. The standard InChI is InChI=1S/C23H42N6O/c1-3-5-13-28-15-11-19(12-16-28)10-8-7-9-14-29-18-25-20-21(24)26-23(27-22(20)29)30-17-6-4-2/h19,25H,3-18H2,1-2H3,(H2,24,26,27). The van der Waals surface area contributed by atoms with Gasteiger partial charge in [0.05, 0.1) is 13.3 Å². The number of ether oxygens (including phenoxy) is 1. The van der Waals surface area contributed by atoms with Gasteiger partial charge in [0.1, 0.15) is 5.69 Å². The van der Waals surface area contributed by atoms with Gasteiger partial charge in [-0.25, -0.2) is 0 Å². The van der Waals surface area contributed by atoms with Crippen LogP contribution in [0.1, 0.15) is 78.1 Å². The zero-order valence-electron chi connectivity index (χ0n) is 19.2. The zero-order chi connectivity index (χ0) is 21.2. The number of hydrogen-bond donors (Lipinski definition) is 2. The van der Waals surface area contributed by atoms with Crippen LogP contribution in [0.5, 0.6) is 6.01 Å². The van der Waals surface area contributed by atoms with Crippen molar-refractivity contribution in [3.63, 3.8) is 0 Å². The summed E-state index contributed by atoms with van der Waals surface area (Å²) in [6.07, 6.45) is 12.7. The van der Waals surface area contributed by atoms with Crippen molar-refractivity contribution < 1.29 is 4.74 Å². The fourth-order valence-corrected chi connectivity index (χ4v) is 4.44. The molecule has 0 amide bonds. The lowest BCUT2D eigenvalue weighted by Gasteiger charge is -2.32. The van der Waals surface area contributed by atoms with Crippen LogP contribution in [0.3, 0.4) is 0 Å². The molecule has 0 saturated carbocycles. The normalized spacial score (nSPS) is 17.2. The van der Waals surface area contributed by atoms with Gasteiger partial charge in [-0.2, -0.15) is 9.97 Å². The van der Waals surface area contributed by atoms with Crippen LogP contribution in [-0.2, 0) is 0 Å². The lowest BCUT2D eigenvalue weighted by atomic mass is 9.91. The van der Waals surface area contributed by atoms with Gasteiger partial charge in [-0.15, -0.1) is 0 Å². The Morgan fingerprint density at radius 3 is 2.57 bits per heavy atom. The van der Waals surface area contributed by atoms with Gasteiger partial charge in [0, 0.05) is 6.54 Å². The SMILES string of the molecule is CCCCOc1nc(N)c2c(n1)N(CCCCCC1CCN(CCCC)CC1)CN2. The Kier molecular flexibility index (Phi) is 9.30. The molecule has 0 spiro atoms. The monoisotopic (exact) mass is 418 g/mol. The molecule has 0 aliphatic carbocycles. The average Bonchev–Trinajstić information content (AvgIpc) is 3.16. The Morgan fingerprint density at radius 1 is 1.00 bits per heavy atom. The number of likely N-dealkylation sites (tertiary alicyclic amines) is 1. The summed E-state index contributed by atoms with van der Waals surface area (Å²) in [5.41, 5.74) is 6.97. The Labute approximate surface area is 182 Å². The molecule has 7 heteroatoms. The molecule has 3 N–H and O–H groups in total. The summed E-state index contributed by atoms with van der Waals surface area (Å²) in [5, 5.41) is 3.34. The van der Waals surface area contributed by atoms with E-state index in [2.05, 4.69) is 38.9 Å². The first-order valence-corrected chi connectivity index (χ1v) is 12.2. The lowest BCUT2D eigenvalue weighted by molar-refractivity contribution is 0.175. The smallest absolute Gasteiger partial charge is 0.320 e. The fourth-order valence-electron chi connectivity index (χ4n) is 4.44. The highest BCUT2D eigenvalue weighted by atomic mass is 16.5. The number of nitrogens with one attached hydrogen (secondary N) is 1. The van der Waals surface area contributed by atoms with Crippen LogP contribution < -0.4 is 20.7 Å². The molecule has 3 rings (SSSR count). The van der Waals surface area contributed by atoms with Crippen LogP contribution in [0.2, 0.25) is 0 Å². The number of nitrogen functional groups attached to an aromatic ring is 1. The number of rotatable bonds is 13. The van der Waals surface area contributed by atoms with Crippen molar-refractivity contribution in [2.45, 2.75) is 78.1 Å². The number of nitrogens with two attached hydrogens (primary N) is 1. The minimum absolute atomic E-state index is 0.402. The van der Waals surface area contributed by atoms with E-state index in [1.807, 2.05) is 0 Å². The summed E-state index contributed by atoms with van der Waals surface area (Å²) in [5.74, 6) is 2.32. The molecule has 170 valence electrons. The number of anilines is 3. The predicted octanol–water partition coefficient (Wildman–Crippen LogP) is 4.50. The first-order chi connectivity index (χ1) is 14.7. The number of unbranched alkanes of at least 4 members (excludes halogenated alkanes) is 4. The van der Waals surface area contributed by atoms with E-state index in [1.165, 1.54) is 71.0 Å². The lowest BCUT2D eigenvalue weighted by Crippen LogP contribution is -2.34. The summed E-state index contributed by atoms with van der Waals surface area (Å²) in [6, 6.07) is 0.402. The molecule has 0 bridgehead atoms. The molecule has 30 heavy (non-hydrogen) atoms. The minimum Gasteiger partial charge on any atom is -0.463 e. The van der Waals surface area contributed by atoms with Gasteiger partial charge in [-0.3, -0.25) is 0 Å². The molecule has 3 heterocycles. The zero-order valence-corrected chi connectivity index (χ0v) is 19.2. The molecule has 0 atom stereocenters. The molecule has 0 unspecified atom stereocenters. The number of hydrogen-bond acceptors (Lipinski definition) is 7. The summed E-state index contributed by atoms with van der Waals surface area (Å²) >= 11 is 0. The first-order valence-electron chi connectivity index (χ1n) is 12.2. The third kappa shape index (κ3) is 6.62. The van der Waals surface area contributed by atoms with Crippen LogP contribution in [0.25, 0.3) is 0 Å². The van der Waals surface area contributed by atoms with Crippen molar-refractivity contribution >= 4 is 17.3 Å². The number of fused-ring (bicyclic) bond motifs is 1. The van der Waals surface area contributed by atoms with E-state index in [0.29, 0.717) is 18.4 Å². The first kappa shape index (κ1) is 22.9. The maximum atomic E-state index is 6.11. The van der Waals surface area contributed by atoms with Crippen molar-refractivity contribution in [1.82, 2.24) is 14.9 Å². The largest absolute Gasteiger partial charge is 0.463 e. The van der Waals surface area contributed by atoms with Crippen LogP contribution in [0.15, 0.2) is 0 Å². The molecule has 1 aromatic heterocycles. The Hall–Kier alpha value is -1.76. The highest BCUT2D eigenvalue weighted by molar-refractivity contribution is 5.80. The topological polar surface area (TPSA) is 79.5 Å². The summed E-state index contributed by atoms with van der Waals surface area (Å²) in [6.45, 7) is 10.7. The molecule has 0 radical (unpaired) electrons. The summed E-state index contributed by atoms with van der Waals surface area (Å²) < 4.78 is 5.68. The maximum absolute atomic E-state index is 6.11. The minimum atomic E-state index is 0.402. The molecular formula is C23H42N6O. The van der Waals surface area contributed by atoms with Gasteiger partial charge in [0.2, 0.25) is 0 Å². The second kappa shape index (κ2) is 12.2. The highest BCUT2D eigenvalue weighted by Crippen LogP contribution is 2.35. The predicted molar refractivity (Wildman–Crippen MR) is 125 cm³/mol. The third-order valence-corrected chi connectivity index (χ3v) is 6.45. The van der Waals surface area contributed by atoms with E-state index >= 15 is 0 Å². The highest BCUT2D eigenvalue weighted by Gasteiger charge is 2.24. The molecule has 7 nitrogen and oxygen atoms in total. The van der Waals surface area contributed by atoms with E-state index in [4.69, 9.17) is 10.5 Å². The van der Waals surface area contributed by atoms with Crippen LogP contribution in [0.4, 0.5) is 17.3 Å².